The summed E-state index contributed by atoms with van der Waals surface area (Å²) in [6, 6.07) is 14.2. The summed E-state index contributed by atoms with van der Waals surface area (Å²) in [6.07, 6.45) is 2.78. The molecule has 1 aliphatic rings. The number of aromatic carboxylic acids is 1. The fraction of sp³-hybridized carbons (Fsp3) is 0.238. The van der Waals surface area contributed by atoms with Crippen LogP contribution in [0.1, 0.15) is 40.5 Å². The minimum absolute atomic E-state index is 0.118. The number of nitrogens with one attached hydrogen (secondary N) is 1. The van der Waals surface area contributed by atoms with Crippen LogP contribution in [0.2, 0.25) is 0 Å². The Kier molecular flexibility index (Phi) is 4.65. The molecule has 28 heavy (non-hydrogen) atoms. The Labute approximate surface area is 160 Å². The molecule has 0 bridgehead atoms. The highest BCUT2D eigenvalue weighted by Gasteiger charge is 2.22. The number of benzene rings is 2. The predicted molar refractivity (Wildman–Crippen MR) is 103 cm³/mol. The van der Waals surface area contributed by atoms with Gasteiger partial charge in [0, 0.05) is 5.39 Å². The molecular weight excluding hydrogens is 358 g/mol. The molecule has 0 radical (unpaired) electrons. The zero-order chi connectivity index (χ0) is 19.7. The van der Waals surface area contributed by atoms with Crippen molar-refractivity contribution in [2.45, 2.75) is 31.8 Å². The highest BCUT2D eigenvalue weighted by Crippen LogP contribution is 2.29. The number of hydrogen-bond donors (Lipinski definition) is 2. The highest BCUT2D eigenvalue weighted by molar-refractivity contribution is 6.01. The van der Waals surface area contributed by atoms with E-state index < -0.39 is 11.5 Å². The largest absolute Gasteiger partial charge is 0.476 e. The topological polar surface area (TPSA) is 101 Å². The van der Waals surface area contributed by atoms with Crippen LogP contribution in [0.4, 0.5) is 0 Å². The average Bonchev–Trinajstić information content (AvgIpc) is 2.70. The number of nitrogens with zero attached hydrogens (tertiary/aromatic N) is 2. The molecular formula is C21H19N3O4. The molecule has 7 heteroatoms. The van der Waals surface area contributed by atoms with E-state index in [9.17, 15) is 19.5 Å². The number of fused-ring (bicyclic) bond motifs is 2. The molecule has 0 saturated heterocycles. The molecule has 142 valence electrons. The van der Waals surface area contributed by atoms with E-state index in [0.29, 0.717) is 0 Å². The molecule has 0 saturated carbocycles. The first-order valence-corrected chi connectivity index (χ1v) is 9.15. The zero-order valence-corrected chi connectivity index (χ0v) is 15.1. The molecule has 4 rings (SSSR count). The lowest BCUT2D eigenvalue weighted by atomic mass is 9.88. The van der Waals surface area contributed by atoms with Crippen molar-refractivity contribution in [1.29, 1.82) is 0 Å². The van der Waals surface area contributed by atoms with Crippen molar-refractivity contribution in [2.75, 3.05) is 0 Å². The number of aromatic nitrogens is 2. The minimum atomic E-state index is -1.24. The Hall–Kier alpha value is -3.48. The van der Waals surface area contributed by atoms with Crippen molar-refractivity contribution in [3.8, 4) is 0 Å². The quantitative estimate of drug-likeness (QED) is 0.726. The van der Waals surface area contributed by atoms with E-state index in [1.165, 1.54) is 17.7 Å². The van der Waals surface area contributed by atoms with Gasteiger partial charge in [0.05, 0.1) is 11.4 Å². The molecule has 1 aromatic heterocycles. The first-order chi connectivity index (χ1) is 13.5. The number of carbonyl (C=O) groups is 2. The van der Waals surface area contributed by atoms with Crippen molar-refractivity contribution in [1.82, 2.24) is 15.1 Å². The Balaban J connectivity index is 1.62. The number of aryl methyl sites for hydroxylation is 1. The average molecular weight is 377 g/mol. The third-order valence-electron chi connectivity index (χ3n) is 5.07. The Bertz CT molecular complexity index is 1140. The lowest BCUT2D eigenvalue weighted by molar-refractivity contribution is -0.122. The summed E-state index contributed by atoms with van der Waals surface area (Å²) in [6.45, 7) is -0.331. The lowest BCUT2D eigenvalue weighted by Gasteiger charge is -2.26. The molecule has 2 aromatic carbocycles. The van der Waals surface area contributed by atoms with Crippen molar-refractivity contribution in [3.63, 3.8) is 0 Å². The maximum atomic E-state index is 12.7. The van der Waals surface area contributed by atoms with Gasteiger partial charge in [-0.2, -0.15) is 5.10 Å². The molecule has 1 aliphatic carbocycles. The first-order valence-electron chi connectivity index (χ1n) is 9.15. The summed E-state index contributed by atoms with van der Waals surface area (Å²) in [5, 5.41) is 16.8. The van der Waals surface area contributed by atoms with Gasteiger partial charge in [0.2, 0.25) is 5.91 Å². The van der Waals surface area contributed by atoms with E-state index in [1.807, 2.05) is 18.2 Å². The van der Waals surface area contributed by atoms with E-state index in [1.54, 1.807) is 12.1 Å². The summed E-state index contributed by atoms with van der Waals surface area (Å²) >= 11 is 0. The molecule has 7 nitrogen and oxygen atoms in total. The lowest BCUT2D eigenvalue weighted by Crippen LogP contribution is -2.37. The van der Waals surface area contributed by atoms with Gasteiger partial charge in [-0.1, -0.05) is 42.5 Å². The van der Waals surface area contributed by atoms with E-state index >= 15 is 0 Å². The van der Waals surface area contributed by atoms with Gasteiger partial charge >= 0.3 is 5.97 Å². The monoisotopic (exact) mass is 377 g/mol. The number of hydrogen-bond acceptors (Lipinski definition) is 4. The van der Waals surface area contributed by atoms with Gasteiger partial charge in [0.15, 0.2) is 5.69 Å². The van der Waals surface area contributed by atoms with Crippen LogP contribution in [0.3, 0.4) is 0 Å². The number of carboxylic acids is 1. The normalized spacial score (nSPS) is 15.8. The maximum absolute atomic E-state index is 12.7. The number of carboxylic acid groups (broad SMARTS) is 1. The fourth-order valence-corrected chi connectivity index (χ4v) is 3.78. The van der Waals surface area contributed by atoms with Crippen molar-refractivity contribution in [2.24, 2.45) is 0 Å². The third-order valence-corrected chi connectivity index (χ3v) is 5.07. The van der Waals surface area contributed by atoms with Crippen LogP contribution in [0.25, 0.3) is 10.8 Å². The number of amides is 1. The van der Waals surface area contributed by atoms with Crippen LogP contribution in [-0.2, 0) is 17.8 Å². The summed E-state index contributed by atoms with van der Waals surface area (Å²) < 4.78 is 0.926. The molecule has 1 unspecified atom stereocenters. The minimum Gasteiger partial charge on any atom is -0.476 e. The fourth-order valence-electron chi connectivity index (χ4n) is 3.78. The summed E-state index contributed by atoms with van der Waals surface area (Å²) in [7, 11) is 0. The molecule has 2 N–H and O–H groups in total. The van der Waals surface area contributed by atoms with Gasteiger partial charge in [0.25, 0.3) is 5.56 Å². The van der Waals surface area contributed by atoms with Crippen molar-refractivity contribution < 1.29 is 14.7 Å². The van der Waals surface area contributed by atoms with Crippen LogP contribution in [0, 0.1) is 0 Å². The van der Waals surface area contributed by atoms with Crippen LogP contribution < -0.4 is 10.9 Å². The summed E-state index contributed by atoms with van der Waals surface area (Å²) in [5.41, 5.74) is 1.58. The van der Waals surface area contributed by atoms with Crippen molar-refractivity contribution in [3.05, 3.63) is 75.7 Å². The Morgan fingerprint density at radius 2 is 1.82 bits per heavy atom. The number of carbonyl (C=O) groups excluding carboxylic acids is 1. The first kappa shape index (κ1) is 17.9. The van der Waals surface area contributed by atoms with Gasteiger partial charge in [-0.25, -0.2) is 9.48 Å². The highest BCUT2D eigenvalue weighted by atomic mass is 16.4. The van der Waals surface area contributed by atoms with Crippen LogP contribution in [0.15, 0.2) is 53.3 Å². The number of rotatable bonds is 4. The summed E-state index contributed by atoms with van der Waals surface area (Å²) in [4.78, 5) is 36.8. The van der Waals surface area contributed by atoms with Crippen LogP contribution >= 0.6 is 0 Å². The molecule has 0 spiro atoms. The molecule has 0 fully saturated rings. The van der Waals surface area contributed by atoms with Gasteiger partial charge in [-0.3, -0.25) is 9.59 Å². The molecule has 1 atom stereocenters. The van der Waals surface area contributed by atoms with E-state index in [-0.39, 0.29) is 35.0 Å². The smallest absolute Gasteiger partial charge is 0.357 e. The van der Waals surface area contributed by atoms with Crippen LogP contribution in [0.5, 0.6) is 0 Å². The predicted octanol–water partition coefficient (Wildman–Crippen LogP) is 2.29. The van der Waals surface area contributed by atoms with Gasteiger partial charge in [-0.05, 0) is 36.5 Å². The maximum Gasteiger partial charge on any atom is 0.357 e. The Morgan fingerprint density at radius 3 is 2.61 bits per heavy atom. The van der Waals surface area contributed by atoms with Crippen LogP contribution in [-0.4, -0.2) is 26.8 Å². The van der Waals surface area contributed by atoms with E-state index in [2.05, 4.69) is 16.5 Å². The van der Waals surface area contributed by atoms with Gasteiger partial charge in [0.1, 0.15) is 6.54 Å². The molecule has 3 aromatic rings. The van der Waals surface area contributed by atoms with Gasteiger partial charge in [-0.15, -0.1) is 0 Å². The molecule has 1 heterocycles. The van der Waals surface area contributed by atoms with Gasteiger partial charge < -0.3 is 10.4 Å². The zero-order valence-electron chi connectivity index (χ0n) is 15.1. The second-order valence-corrected chi connectivity index (χ2v) is 6.87. The SMILES string of the molecule is O=C(Cn1nc(C(=O)O)c2ccccc2c1=O)NC1CCCc2ccccc21. The summed E-state index contributed by atoms with van der Waals surface area (Å²) in [5.74, 6) is -1.62. The third kappa shape index (κ3) is 3.26. The standard InChI is InChI=1S/C21H19N3O4/c25-18(22-17-11-5-7-13-6-1-2-8-14(13)17)12-24-20(26)16-10-4-3-9-15(16)19(23-24)21(27)28/h1-4,6,8-10,17H,5,7,11-12H2,(H,22,25)(H,27,28). The van der Waals surface area contributed by atoms with Crippen molar-refractivity contribution >= 4 is 22.6 Å². The van der Waals surface area contributed by atoms with E-state index in [0.717, 1.165) is 29.5 Å². The second-order valence-electron chi connectivity index (χ2n) is 6.87. The molecule has 0 aliphatic heterocycles. The second kappa shape index (κ2) is 7.26. The van der Waals surface area contributed by atoms with E-state index in [4.69, 9.17) is 0 Å². The Morgan fingerprint density at radius 1 is 1.11 bits per heavy atom. The molecule has 1 amide bonds.